The van der Waals surface area contributed by atoms with Gasteiger partial charge in [-0.3, -0.25) is 19.7 Å². The largest absolute Gasteiger partial charge is 0.481 e. The quantitative estimate of drug-likeness (QED) is 0.525. The van der Waals surface area contributed by atoms with Gasteiger partial charge in [0.2, 0.25) is 0 Å². The number of hydrogen-bond donors (Lipinski definition) is 4. The van der Waals surface area contributed by atoms with Crippen molar-refractivity contribution in [3.05, 3.63) is 35.9 Å². The summed E-state index contributed by atoms with van der Waals surface area (Å²) in [5.41, 5.74) is 0.750. The third-order valence-electron chi connectivity index (χ3n) is 2.93. The molecule has 7 heteroatoms. The fourth-order valence-corrected chi connectivity index (χ4v) is 1.86. The first kappa shape index (κ1) is 16.6. The van der Waals surface area contributed by atoms with Crippen LogP contribution in [0, 0.1) is 0 Å². The zero-order valence-corrected chi connectivity index (χ0v) is 11.2. The molecular weight excluding hydrogens is 278 g/mol. The van der Waals surface area contributed by atoms with E-state index in [0.717, 1.165) is 5.56 Å². The van der Waals surface area contributed by atoms with Crippen molar-refractivity contribution < 1.29 is 29.7 Å². The van der Waals surface area contributed by atoms with Crippen molar-refractivity contribution in [3.63, 3.8) is 0 Å². The van der Waals surface area contributed by atoms with Crippen molar-refractivity contribution in [3.8, 4) is 0 Å². The van der Waals surface area contributed by atoms with Crippen LogP contribution >= 0.6 is 0 Å². The number of carbonyl (C=O) groups is 3. The molecular formula is C14H17NO6. The number of rotatable bonds is 9. The molecule has 0 heterocycles. The topological polar surface area (TPSA) is 124 Å². The minimum Gasteiger partial charge on any atom is -0.481 e. The molecule has 21 heavy (non-hydrogen) atoms. The lowest BCUT2D eigenvalue weighted by atomic mass is 10.0. The van der Waals surface area contributed by atoms with E-state index >= 15 is 0 Å². The first-order valence-electron chi connectivity index (χ1n) is 6.37. The van der Waals surface area contributed by atoms with E-state index in [0.29, 0.717) is 0 Å². The summed E-state index contributed by atoms with van der Waals surface area (Å²) in [6.45, 7) is 0. The maximum Gasteiger partial charge on any atom is 0.321 e. The second kappa shape index (κ2) is 8.01. The Kier molecular flexibility index (Phi) is 6.35. The van der Waals surface area contributed by atoms with Crippen molar-refractivity contribution in [2.24, 2.45) is 0 Å². The molecule has 0 saturated heterocycles. The monoisotopic (exact) mass is 295 g/mol. The van der Waals surface area contributed by atoms with Gasteiger partial charge in [0.05, 0.1) is 0 Å². The van der Waals surface area contributed by atoms with Crippen molar-refractivity contribution in [2.75, 3.05) is 0 Å². The molecule has 1 rings (SSSR count). The Morgan fingerprint density at radius 2 is 1.52 bits per heavy atom. The summed E-state index contributed by atoms with van der Waals surface area (Å²) in [4.78, 5) is 32.8. The summed E-state index contributed by atoms with van der Waals surface area (Å²) in [6, 6.07) is 6.48. The molecule has 0 amide bonds. The summed E-state index contributed by atoms with van der Waals surface area (Å²) in [5, 5.41) is 29.3. The predicted molar refractivity (Wildman–Crippen MR) is 73.0 cm³/mol. The number of carboxylic acids is 3. The molecule has 0 unspecified atom stereocenters. The van der Waals surface area contributed by atoms with E-state index in [1.807, 2.05) is 0 Å². The molecule has 0 aliphatic heterocycles. The van der Waals surface area contributed by atoms with Gasteiger partial charge in [-0.2, -0.15) is 0 Å². The average molecular weight is 295 g/mol. The first-order chi connectivity index (χ1) is 9.90. The Morgan fingerprint density at radius 3 is 2.00 bits per heavy atom. The molecule has 0 fully saturated rings. The van der Waals surface area contributed by atoms with Gasteiger partial charge in [-0.25, -0.2) is 0 Å². The number of nitrogens with one attached hydrogen (secondary N) is 1. The molecule has 0 radical (unpaired) electrons. The molecule has 0 saturated carbocycles. The Balaban J connectivity index is 2.72. The minimum absolute atomic E-state index is 0.118. The lowest BCUT2D eigenvalue weighted by molar-refractivity contribution is -0.142. The number of benzene rings is 1. The molecule has 114 valence electrons. The highest BCUT2D eigenvalue weighted by atomic mass is 16.4. The second-order valence-corrected chi connectivity index (χ2v) is 4.57. The van der Waals surface area contributed by atoms with Gasteiger partial charge >= 0.3 is 17.9 Å². The van der Waals surface area contributed by atoms with Gasteiger partial charge in [-0.15, -0.1) is 0 Å². The van der Waals surface area contributed by atoms with Crippen LogP contribution < -0.4 is 5.32 Å². The Bertz CT molecular complexity index is 501. The zero-order chi connectivity index (χ0) is 15.8. The van der Waals surface area contributed by atoms with E-state index in [1.54, 1.807) is 30.3 Å². The van der Waals surface area contributed by atoms with Gasteiger partial charge < -0.3 is 15.3 Å². The predicted octanol–water partition coefficient (Wildman–Crippen LogP) is 0.590. The Labute approximate surface area is 121 Å². The number of hydrogen-bond acceptors (Lipinski definition) is 4. The summed E-state index contributed by atoms with van der Waals surface area (Å²) in [7, 11) is 0. The second-order valence-electron chi connectivity index (χ2n) is 4.57. The van der Waals surface area contributed by atoms with Gasteiger partial charge in [-0.1, -0.05) is 30.3 Å². The van der Waals surface area contributed by atoms with Crippen LogP contribution in [0.5, 0.6) is 0 Å². The van der Waals surface area contributed by atoms with Gasteiger partial charge in [-0.05, 0) is 18.4 Å². The van der Waals surface area contributed by atoms with E-state index in [4.69, 9.17) is 10.2 Å². The molecule has 4 N–H and O–H groups in total. The van der Waals surface area contributed by atoms with Crippen LogP contribution in [0.15, 0.2) is 30.3 Å². The van der Waals surface area contributed by atoms with Crippen LogP contribution in [-0.4, -0.2) is 45.3 Å². The summed E-state index contributed by atoms with van der Waals surface area (Å²) < 4.78 is 0. The van der Waals surface area contributed by atoms with Crippen LogP contribution in [0.1, 0.15) is 18.4 Å². The number of carboxylic acid groups (broad SMARTS) is 3. The Hall–Kier alpha value is -2.41. The SMILES string of the molecule is O=C(O)CC[C@@H](N[C@H](Cc1ccccc1)C(=O)O)C(=O)O. The maximum absolute atomic E-state index is 11.2. The smallest absolute Gasteiger partial charge is 0.321 e. The molecule has 7 nitrogen and oxygen atoms in total. The number of aliphatic carboxylic acids is 3. The highest BCUT2D eigenvalue weighted by molar-refractivity contribution is 5.78. The minimum atomic E-state index is -1.27. The maximum atomic E-state index is 11.2. The van der Waals surface area contributed by atoms with Crippen molar-refractivity contribution in [2.45, 2.75) is 31.3 Å². The summed E-state index contributed by atoms with van der Waals surface area (Å²) in [5.74, 6) is -3.58. The molecule has 0 aliphatic carbocycles. The lowest BCUT2D eigenvalue weighted by Crippen LogP contribution is -2.48. The fraction of sp³-hybridized carbons (Fsp3) is 0.357. The molecule has 0 spiro atoms. The normalized spacial score (nSPS) is 13.3. The standard InChI is InChI=1S/C14H17NO6/c16-12(17)7-6-10(13(18)19)15-11(14(20)21)8-9-4-2-1-3-5-9/h1-5,10-11,15H,6-8H2,(H,16,17)(H,18,19)(H,20,21)/t10-,11-/m1/s1. The highest BCUT2D eigenvalue weighted by Gasteiger charge is 2.26. The van der Waals surface area contributed by atoms with Crippen LogP contribution in [0.3, 0.4) is 0 Å². The van der Waals surface area contributed by atoms with E-state index < -0.39 is 30.0 Å². The van der Waals surface area contributed by atoms with E-state index in [1.165, 1.54) is 0 Å². The van der Waals surface area contributed by atoms with E-state index in [2.05, 4.69) is 5.32 Å². The van der Waals surface area contributed by atoms with Gasteiger partial charge in [0.25, 0.3) is 0 Å². The van der Waals surface area contributed by atoms with Gasteiger partial charge in [0, 0.05) is 6.42 Å². The summed E-state index contributed by atoms with van der Waals surface area (Å²) >= 11 is 0. The highest BCUT2D eigenvalue weighted by Crippen LogP contribution is 2.06. The molecule has 1 aromatic rings. The molecule has 2 atom stereocenters. The van der Waals surface area contributed by atoms with Crippen LogP contribution in [-0.2, 0) is 20.8 Å². The lowest BCUT2D eigenvalue weighted by Gasteiger charge is -2.20. The first-order valence-corrected chi connectivity index (χ1v) is 6.37. The third-order valence-corrected chi connectivity index (χ3v) is 2.93. The van der Waals surface area contributed by atoms with Crippen LogP contribution in [0.2, 0.25) is 0 Å². The van der Waals surface area contributed by atoms with Gasteiger partial charge in [0.1, 0.15) is 12.1 Å². The third kappa shape index (κ3) is 6.05. The fourth-order valence-electron chi connectivity index (χ4n) is 1.86. The van der Waals surface area contributed by atoms with Gasteiger partial charge in [0.15, 0.2) is 0 Å². The average Bonchev–Trinajstić information content (AvgIpc) is 2.42. The van der Waals surface area contributed by atoms with Crippen LogP contribution in [0.4, 0.5) is 0 Å². The van der Waals surface area contributed by atoms with Crippen molar-refractivity contribution >= 4 is 17.9 Å². The van der Waals surface area contributed by atoms with Crippen molar-refractivity contribution in [1.29, 1.82) is 0 Å². The molecule has 1 aromatic carbocycles. The van der Waals surface area contributed by atoms with Crippen LogP contribution in [0.25, 0.3) is 0 Å². The molecule has 0 bridgehead atoms. The van der Waals surface area contributed by atoms with Crippen molar-refractivity contribution in [1.82, 2.24) is 5.32 Å². The zero-order valence-electron chi connectivity index (χ0n) is 11.2. The molecule has 0 aromatic heterocycles. The Morgan fingerprint density at radius 1 is 0.952 bits per heavy atom. The van der Waals surface area contributed by atoms with E-state index in [-0.39, 0.29) is 19.3 Å². The summed E-state index contributed by atoms with van der Waals surface area (Å²) in [6.07, 6.45) is -0.405. The van der Waals surface area contributed by atoms with E-state index in [9.17, 15) is 19.5 Å². The molecule has 0 aliphatic rings.